The summed E-state index contributed by atoms with van der Waals surface area (Å²) in [6.07, 6.45) is 0. The van der Waals surface area contributed by atoms with Gasteiger partial charge in [0.1, 0.15) is 5.75 Å². The monoisotopic (exact) mass is 207 g/mol. The first-order valence-electron chi connectivity index (χ1n) is 5.27. The molecule has 0 bridgehead atoms. The fraction of sp³-hybridized carbons (Fsp3) is 0.538. The number of nitrogens with one attached hydrogen (secondary N) is 1. The highest BCUT2D eigenvalue weighted by atomic mass is 16.5. The molecule has 0 saturated carbocycles. The molecule has 1 rings (SSSR count). The molecule has 0 aliphatic carbocycles. The van der Waals surface area contributed by atoms with Crippen LogP contribution >= 0.6 is 0 Å². The number of aryl methyl sites for hydroxylation is 2. The second-order valence-corrected chi connectivity index (χ2v) is 4.52. The number of ether oxygens (including phenoxy) is 1. The van der Waals surface area contributed by atoms with E-state index in [1.165, 1.54) is 16.7 Å². The molecule has 0 aliphatic rings. The Bertz CT molecular complexity index is 333. The Morgan fingerprint density at radius 3 is 1.93 bits per heavy atom. The van der Waals surface area contributed by atoms with Crippen LogP contribution in [0.15, 0.2) is 12.1 Å². The van der Waals surface area contributed by atoms with Crippen LogP contribution in [0.5, 0.6) is 5.75 Å². The zero-order chi connectivity index (χ0) is 11.6. The minimum atomic E-state index is 0.00178. The summed E-state index contributed by atoms with van der Waals surface area (Å²) in [6.45, 7) is 8.52. The molecule has 1 aromatic carbocycles. The van der Waals surface area contributed by atoms with Gasteiger partial charge in [-0.25, -0.2) is 0 Å². The lowest BCUT2D eigenvalue weighted by Crippen LogP contribution is -2.33. The maximum Gasteiger partial charge on any atom is 0.124 e. The second-order valence-electron chi connectivity index (χ2n) is 4.52. The molecule has 1 N–H and O–H groups in total. The zero-order valence-electron chi connectivity index (χ0n) is 10.6. The highest BCUT2D eigenvalue weighted by Gasteiger charge is 2.19. The van der Waals surface area contributed by atoms with Gasteiger partial charge in [-0.3, -0.25) is 0 Å². The topological polar surface area (TPSA) is 21.3 Å². The van der Waals surface area contributed by atoms with Gasteiger partial charge in [0.25, 0.3) is 0 Å². The molecule has 0 saturated heterocycles. The molecule has 0 spiro atoms. The first-order chi connectivity index (χ1) is 6.92. The molecule has 1 aromatic rings. The molecule has 2 nitrogen and oxygen atoms in total. The van der Waals surface area contributed by atoms with Crippen molar-refractivity contribution in [1.29, 1.82) is 0 Å². The number of hydrogen-bond donors (Lipinski definition) is 1. The third-order valence-corrected chi connectivity index (χ3v) is 3.01. The molecule has 0 aliphatic heterocycles. The number of hydrogen-bond acceptors (Lipinski definition) is 2. The van der Waals surface area contributed by atoms with Gasteiger partial charge < -0.3 is 10.1 Å². The Kier molecular flexibility index (Phi) is 3.40. The van der Waals surface area contributed by atoms with Crippen LogP contribution in [0, 0.1) is 13.8 Å². The standard InChI is InChI=1S/C13H21NO/c1-9-7-11(13(3,4)14-5)8-10(2)12(9)15-6/h7-8,14H,1-6H3. The third-order valence-electron chi connectivity index (χ3n) is 3.01. The molecule has 84 valence electrons. The maximum atomic E-state index is 5.36. The summed E-state index contributed by atoms with van der Waals surface area (Å²) in [7, 11) is 3.70. The SMILES string of the molecule is CNC(C)(C)c1cc(C)c(OC)c(C)c1. The van der Waals surface area contributed by atoms with Crippen LogP contribution in [-0.2, 0) is 5.54 Å². The quantitative estimate of drug-likeness (QED) is 0.823. The summed E-state index contributed by atoms with van der Waals surface area (Å²) in [4.78, 5) is 0. The van der Waals surface area contributed by atoms with Crippen LogP contribution in [0.25, 0.3) is 0 Å². The van der Waals surface area contributed by atoms with Crippen molar-refractivity contribution >= 4 is 0 Å². The van der Waals surface area contributed by atoms with Gasteiger partial charge >= 0.3 is 0 Å². The number of methoxy groups -OCH3 is 1. The fourth-order valence-electron chi connectivity index (χ4n) is 1.78. The first kappa shape index (κ1) is 12.1. The van der Waals surface area contributed by atoms with Crippen molar-refractivity contribution in [2.24, 2.45) is 0 Å². The molecule has 0 atom stereocenters. The Morgan fingerprint density at radius 2 is 1.60 bits per heavy atom. The van der Waals surface area contributed by atoms with Crippen molar-refractivity contribution in [2.45, 2.75) is 33.2 Å². The Balaban J connectivity index is 3.26. The average Bonchev–Trinajstić information content (AvgIpc) is 2.17. The molecule has 0 radical (unpaired) electrons. The van der Waals surface area contributed by atoms with E-state index in [1.807, 2.05) is 7.05 Å². The van der Waals surface area contributed by atoms with Crippen molar-refractivity contribution < 1.29 is 4.74 Å². The van der Waals surface area contributed by atoms with Gasteiger partial charge in [-0.15, -0.1) is 0 Å². The molecule has 2 heteroatoms. The van der Waals surface area contributed by atoms with Crippen molar-refractivity contribution in [1.82, 2.24) is 5.32 Å². The summed E-state index contributed by atoms with van der Waals surface area (Å²) in [5.74, 6) is 0.991. The Morgan fingerprint density at radius 1 is 1.13 bits per heavy atom. The lowest BCUT2D eigenvalue weighted by atomic mass is 9.91. The third kappa shape index (κ3) is 2.32. The minimum Gasteiger partial charge on any atom is -0.496 e. The van der Waals surface area contributed by atoms with E-state index in [4.69, 9.17) is 4.74 Å². The van der Waals surface area contributed by atoms with E-state index in [0.717, 1.165) is 5.75 Å². The molecular formula is C13H21NO. The van der Waals surface area contributed by atoms with Gasteiger partial charge in [0, 0.05) is 5.54 Å². The lowest BCUT2D eigenvalue weighted by Gasteiger charge is -2.26. The van der Waals surface area contributed by atoms with Gasteiger partial charge in [0.05, 0.1) is 7.11 Å². The molecule has 15 heavy (non-hydrogen) atoms. The molecule has 0 fully saturated rings. The number of rotatable bonds is 3. The molecule has 0 unspecified atom stereocenters. The van der Waals surface area contributed by atoms with Crippen LogP contribution in [-0.4, -0.2) is 14.2 Å². The van der Waals surface area contributed by atoms with E-state index in [2.05, 4.69) is 45.1 Å². The van der Waals surface area contributed by atoms with Crippen molar-refractivity contribution in [2.75, 3.05) is 14.2 Å². The van der Waals surface area contributed by atoms with Gasteiger partial charge in [0.2, 0.25) is 0 Å². The summed E-state index contributed by atoms with van der Waals surface area (Å²) in [5.41, 5.74) is 3.68. The van der Waals surface area contributed by atoms with Crippen LogP contribution in [0.2, 0.25) is 0 Å². The van der Waals surface area contributed by atoms with Crippen LogP contribution in [0.3, 0.4) is 0 Å². The molecular weight excluding hydrogens is 186 g/mol. The Labute approximate surface area is 92.6 Å². The van der Waals surface area contributed by atoms with E-state index in [1.54, 1.807) is 7.11 Å². The molecule has 0 amide bonds. The molecule has 0 heterocycles. The van der Waals surface area contributed by atoms with Gasteiger partial charge in [-0.1, -0.05) is 12.1 Å². The highest BCUT2D eigenvalue weighted by molar-refractivity contribution is 5.45. The van der Waals surface area contributed by atoms with Crippen LogP contribution in [0.4, 0.5) is 0 Å². The average molecular weight is 207 g/mol. The highest BCUT2D eigenvalue weighted by Crippen LogP contribution is 2.29. The van der Waals surface area contributed by atoms with E-state index in [-0.39, 0.29) is 5.54 Å². The maximum absolute atomic E-state index is 5.36. The van der Waals surface area contributed by atoms with Gasteiger partial charge in [-0.2, -0.15) is 0 Å². The van der Waals surface area contributed by atoms with Crippen molar-refractivity contribution in [3.8, 4) is 5.75 Å². The van der Waals surface area contributed by atoms with Gasteiger partial charge in [-0.05, 0) is 51.4 Å². The Hall–Kier alpha value is -1.02. The van der Waals surface area contributed by atoms with Crippen LogP contribution in [0.1, 0.15) is 30.5 Å². The minimum absolute atomic E-state index is 0.00178. The second kappa shape index (κ2) is 4.23. The van der Waals surface area contributed by atoms with E-state index in [0.29, 0.717) is 0 Å². The smallest absolute Gasteiger partial charge is 0.124 e. The molecule has 0 aromatic heterocycles. The fourth-order valence-corrected chi connectivity index (χ4v) is 1.78. The zero-order valence-corrected chi connectivity index (χ0v) is 10.6. The predicted octanol–water partition coefficient (Wildman–Crippen LogP) is 2.77. The van der Waals surface area contributed by atoms with Crippen molar-refractivity contribution in [3.63, 3.8) is 0 Å². The summed E-state index contributed by atoms with van der Waals surface area (Å²) in [6, 6.07) is 4.37. The summed E-state index contributed by atoms with van der Waals surface area (Å²) in [5, 5.41) is 3.31. The predicted molar refractivity (Wildman–Crippen MR) is 64.6 cm³/mol. The van der Waals surface area contributed by atoms with E-state index >= 15 is 0 Å². The first-order valence-corrected chi connectivity index (χ1v) is 5.27. The lowest BCUT2D eigenvalue weighted by molar-refractivity contribution is 0.405. The number of benzene rings is 1. The summed E-state index contributed by atoms with van der Waals surface area (Å²) >= 11 is 0. The summed E-state index contributed by atoms with van der Waals surface area (Å²) < 4.78 is 5.36. The van der Waals surface area contributed by atoms with Crippen molar-refractivity contribution in [3.05, 3.63) is 28.8 Å². The van der Waals surface area contributed by atoms with Crippen LogP contribution < -0.4 is 10.1 Å². The van der Waals surface area contributed by atoms with Gasteiger partial charge in [0.15, 0.2) is 0 Å². The van der Waals surface area contributed by atoms with E-state index in [9.17, 15) is 0 Å². The largest absolute Gasteiger partial charge is 0.496 e. The van der Waals surface area contributed by atoms with E-state index < -0.39 is 0 Å². The normalized spacial score (nSPS) is 11.6.